The van der Waals surface area contributed by atoms with Gasteiger partial charge in [-0.2, -0.15) is 0 Å². The van der Waals surface area contributed by atoms with Gasteiger partial charge in [0.15, 0.2) is 0 Å². The first-order chi connectivity index (χ1) is 6.33. The molecule has 0 fully saturated rings. The largest absolute Gasteiger partial charge is 0.385 e. The topological polar surface area (TPSA) is 12.0 Å². The second-order valence-electron chi connectivity index (χ2n) is 2.74. The van der Waals surface area contributed by atoms with Crippen molar-refractivity contribution in [3.63, 3.8) is 0 Å². The van der Waals surface area contributed by atoms with Crippen molar-refractivity contribution in [2.75, 3.05) is 11.9 Å². The Kier molecular flexibility index (Phi) is 3.84. The van der Waals surface area contributed by atoms with Crippen LogP contribution >= 0.6 is 0 Å². The molecule has 0 aliphatic carbocycles. The van der Waals surface area contributed by atoms with Crippen LogP contribution in [0.2, 0.25) is 0 Å². The van der Waals surface area contributed by atoms with E-state index in [-0.39, 0.29) is 5.82 Å². The molecule has 0 unspecified atom stereocenters. The summed E-state index contributed by atoms with van der Waals surface area (Å²) in [4.78, 5) is 0. The van der Waals surface area contributed by atoms with Crippen LogP contribution in [0.15, 0.2) is 24.3 Å². The second kappa shape index (κ2) is 5.21. The summed E-state index contributed by atoms with van der Waals surface area (Å²) >= 11 is 0. The van der Waals surface area contributed by atoms with E-state index < -0.39 is 0 Å². The van der Waals surface area contributed by atoms with Gasteiger partial charge in [0.1, 0.15) is 5.82 Å². The summed E-state index contributed by atoms with van der Waals surface area (Å²) in [6, 6.07) is 6.30. The van der Waals surface area contributed by atoms with Crippen molar-refractivity contribution < 1.29 is 4.39 Å². The first-order valence-electron chi connectivity index (χ1n) is 4.26. The lowest BCUT2D eigenvalue weighted by Gasteiger charge is -2.03. The molecule has 1 aromatic rings. The monoisotopic (exact) mass is 177 g/mol. The zero-order chi connectivity index (χ0) is 9.52. The normalized spacial score (nSPS) is 9.23. The molecular weight excluding hydrogens is 165 g/mol. The van der Waals surface area contributed by atoms with Crippen LogP contribution in [-0.2, 0) is 0 Å². The van der Waals surface area contributed by atoms with E-state index in [1.165, 1.54) is 12.1 Å². The molecule has 1 aromatic carbocycles. The van der Waals surface area contributed by atoms with E-state index in [2.05, 4.69) is 11.2 Å². The first-order valence-corrected chi connectivity index (χ1v) is 4.26. The standard InChI is InChI=1S/C11H12FN/c1-2-3-4-9-13-11-7-5-10(12)6-8-11/h1,5-8,13H,3-4,9H2. The molecule has 0 aliphatic heterocycles. The molecule has 0 radical (unpaired) electrons. The number of benzene rings is 1. The Bertz CT molecular complexity index is 284. The van der Waals surface area contributed by atoms with Gasteiger partial charge < -0.3 is 5.32 Å². The van der Waals surface area contributed by atoms with E-state index in [0.29, 0.717) is 0 Å². The van der Waals surface area contributed by atoms with Crippen LogP contribution < -0.4 is 5.32 Å². The highest BCUT2D eigenvalue weighted by atomic mass is 19.1. The van der Waals surface area contributed by atoms with Gasteiger partial charge in [-0.05, 0) is 30.7 Å². The van der Waals surface area contributed by atoms with Crippen molar-refractivity contribution in [1.82, 2.24) is 0 Å². The molecular formula is C11H12FN. The molecule has 0 heterocycles. The average Bonchev–Trinajstić information content (AvgIpc) is 2.15. The Morgan fingerprint density at radius 3 is 2.62 bits per heavy atom. The third kappa shape index (κ3) is 3.62. The van der Waals surface area contributed by atoms with Crippen LogP contribution in [0, 0.1) is 18.2 Å². The van der Waals surface area contributed by atoms with Crippen molar-refractivity contribution in [2.24, 2.45) is 0 Å². The maximum absolute atomic E-state index is 12.5. The Labute approximate surface area is 78.0 Å². The number of anilines is 1. The van der Waals surface area contributed by atoms with Gasteiger partial charge in [0.2, 0.25) is 0 Å². The molecule has 0 aromatic heterocycles. The van der Waals surface area contributed by atoms with Crippen LogP contribution in [0.1, 0.15) is 12.8 Å². The van der Waals surface area contributed by atoms with Crippen LogP contribution in [-0.4, -0.2) is 6.54 Å². The highest BCUT2D eigenvalue weighted by Crippen LogP contribution is 2.07. The van der Waals surface area contributed by atoms with Crippen molar-refractivity contribution >= 4 is 5.69 Å². The molecule has 0 atom stereocenters. The summed E-state index contributed by atoms with van der Waals surface area (Å²) in [7, 11) is 0. The van der Waals surface area contributed by atoms with Crippen molar-refractivity contribution in [3.8, 4) is 12.3 Å². The number of hydrogen-bond donors (Lipinski definition) is 1. The number of hydrogen-bond acceptors (Lipinski definition) is 1. The Morgan fingerprint density at radius 1 is 1.31 bits per heavy atom. The zero-order valence-corrected chi connectivity index (χ0v) is 7.39. The highest BCUT2D eigenvalue weighted by molar-refractivity contribution is 5.42. The van der Waals surface area contributed by atoms with Gasteiger partial charge in [0.05, 0.1) is 0 Å². The molecule has 0 spiro atoms. The average molecular weight is 177 g/mol. The number of unbranched alkanes of at least 4 members (excludes halogenated alkanes) is 1. The fourth-order valence-electron chi connectivity index (χ4n) is 0.991. The van der Waals surface area contributed by atoms with Gasteiger partial charge in [0, 0.05) is 18.7 Å². The molecule has 0 saturated heterocycles. The summed E-state index contributed by atoms with van der Waals surface area (Å²) in [6.07, 6.45) is 6.81. The van der Waals surface area contributed by atoms with E-state index in [9.17, 15) is 4.39 Å². The van der Waals surface area contributed by atoms with Gasteiger partial charge >= 0.3 is 0 Å². The number of nitrogens with one attached hydrogen (secondary N) is 1. The summed E-state index contributed by atoms with van der Waals surface area (Å²) < 4.78 is 12.5. The molecule has 0 saturated carbocycles. The lowest BCUT2D eigenvalue weighted by molar-refractivity contribution is 0.628. The smallest absolute Gasteiger partial charge is 0.123 e. The van der Waals surface area contributed by atoms with E-state index in [0.717, 1.165) is 25.1 Å². The van der Waals surface area contributed by atoms with E-state index in [1.54, 1.807) is 12.1 Å². The van der Waals surface area contributed by atoms with E-state index in [4.69, 9.17) is 6.42 Å². The number of terminal acetylenes is 1. The third-order valence-corrected chi connectivity index (χ3v) is 1.67. The van der Waals surface area contributed by atoms with Crippen molar-refractivity contribution in [2.45, 2.75) is 12.8 Å². The van der Waals surface area contributed by atoms with Gasteiger partial charge in [-0.25, -0.2) is 4.39 Å². The molecule has 13 heavy (non-hydrogen) atoms. The van der Waals surface area contributed by atoms with Crippen LogP contribution in [0.4, 0.5) is 10.1 Å². The first kappa shape index (κ1) is 9.60. The van der Waals surface area contributed by atoms with E-state index >= 15 is 0 Å². The quantitative estimate of drug-likeness (QED) is 0.550. The van der Waals surface area contributed by atoms with Gasteiger partial charge in [-0.1, -0.05) is 0 Å². The van der Waals surface area contributed by atoms with Gasteiger partial charge in [-0.3, -0.25) is 0 Å². The molecule has 1 rings (SSSR count). The molecule has 2 heteroatoms. The van der Waals surface area contributed by atoms with Crippen molar-refractivity contribution in [1.29, 1.82) is 0 Å². The zero-order valence-electron chi connectivity index (χ0n) is 7.39. The number of halogens is 1. The molecule has 68 valence electrons. The summed E-state index contributed by atoms with van der Waals surface area (Å²) in [5.74, 6) is 2.35. The summed E-state index contributed by atoms with van der Waals surface area (Å²) in [5.41, 5.74) is 0.929. The second-order valence-corrected chi connectivity index (χ2v) is 2.74. The molecule has 0 aliphatic rings. The number of rotatable bonds is 4. The Morgan fingerprint density at radius 2 is 2.00 bits per heavy atom. The van der Waals surface area contributed by atoms with Crippen molar-refractivity contribution in [3.05, 3.63) is 30.1 Å². The predicted molar refractivity (Wildman–Crippen MR) is 53.0 cm³/mol. The van der Waals surface area contributed by atoms with Gasteiger partial charge in [-0.15, -0.1) is 12.3 Å². The third-order valence-electron chi connectivity index (χ3n) is 1.67. The molecule has 0 amide bonds. The van der Waals surface area contributed by atoms with E-state index in [1.807, 2.05) is 0 Å². The lowest BCUT2D eigenvalue weighted by atomic mass is 10.3. The molecule has 1 N–H and O–H groups in total. The lowest BCUT2D eigenvalue weighted by Crippen LogP contribution is -2.00. The van der Waals surface area contributed by atoms with Crippen LogP contribution in [0.25, 0.3) is 0 Å². The predicted octanol–water partition coefficient (Wildman–Crippen LogP) is 2.65. The van der Waals surface area contributed by atoms with Crippen LogP contribution in [0.5, 0.6) is 0 Å². The Hall–Kier alpha value is -1.49. The molecule has 0 bridgehead atoms. The SMILES string of the molecule is C#CCCCNc1ccc(F)cc1. The van der Waals surface area contributed by atoms with Crippen LogP contribution in [0.3, 0.4) is 0 Å². The maximum atomic E-state index is 12.5. The molecule has 1 nitrogen and oxygen atoms in total. The highest BCUT2D eigenvalue weighted by Gasteiger charge is 1.91. The minimum Gasteiger partial charge on any atom is -0.385 e. The Balaban J connectivity index is 2.30. The minimum atomic E-state index is -0.214. The fraction of sp³-hybridized carbons (Fsp3) is 0.273. The maximum Gasteiger partial charge on any atom is 0.123 e. The minimum absolute atomic E-state index is 0.214. The summed E-state index contributed by atoms with van der Waals surface area (Å²) in [5, 5.41) is 3.14. The fourth-order valence-corrected chi connectivity index (χ4v) is 0.991. The van der Waals surface area contributed by atoms with Gasteiger partial charge in [0.25, 0.3) is 0 Å². The summed E-state index contributed by atoms with van der Waals surface area (Å²) in [6.45, 7) is 0.829.